The molecule has 2 heterocycles. The van der Waals surface area contributed by atoms with Gasteiger partial charge in [0.1, 0.15) is 11.6 Å². The van der Waals surface area contributed by atoms with Crippen LogP contribution in [0.5, 0.6) is 0 Å². The molecule has 0 unspecified atom stereocenters. The van der Waals surface area contributed by atoms with E-state index in [0.717, 1.165) is 22.0 Å². The van der Waals surface area contributed by atoms with Crippen LogP contribution in [-0.2, 0) is 18.5 Å². The number of rotatable bonds is 4. The van der Waals surface area contributed by atoms with Crippen molar-refractivity contribution in [1.29, 1.82) is 0 Å². The lowest BCUT2D eigenvalue weighted by Gasteiger charge is -2.15. The molecule has 1 N–H and O–H groups in total. The summed E-state index contributed by atoms with van der Waals surface area (Å²) in [5.41, 5.74) is 1.84. The second kappa shape index (κ2) is 6.69. The Morgan fingerprint density at radius 2 is 1.88 bits per heavy atom. The summed E-state index contributed by atoms with van der Waals surface area (Å²) in [6, 6.07) is 7.54. The van der Waals surface area contributed by atoms with Gasteiger partial charge in [-0.2, -0.15) is 0 Å². The predicted octanol–water partition coefficient (Wildman–Crippen LogP) is 1.84. The molecule has 0 saturated heterocycles. The first-order valence-corrected chi connectivity index (χ1v) is 9.36. The van der Waals surface area contributed by atoms with E-state index in [4.69, 9.17) is 9.97 Å². The van der Waals surface area contributed by atoms with E-state index in [0.29, 0.717) is 18.5 Å². The van der Waals surface area contributed by atoms with Crippen molar-refractivity contribution in [2.24, 2.45) is 0 Å². The van der Waals surface area contributed by atoms with Gasteiger partial charge in [0.05, 0.1) is 37.2 Å². The number of nitrogens with zero attached hydrogens (tertiary/aromatic N) is 3. The highest BCUT2D eigenvalue weighted by Crippen LogP contribution is 2.24. The van der Waals surface area contributed by atoms with Crippen LogP contribution in [0.25, 0.3) is 10.9 Å². The number of quaternary nitrogens is 1. The highest BCUT2D eigenvalue weighted by Gasteiger charge is 2.19. The molecule has 0 fully saturated rings. The molecule has 0 spiro atoms. The molecule has 0 aliphatic carbocycles. The summed E-state index contributed by atoms with van der Waals surface area (Å²) >= 11 is 1.61. The van der Waals surface area contributed by atoms with Gasteiger partial charge in [0.15, 0.2) is 5.82 Å². The van der Waals surface area contributed by atoms with E-state index in [2.05, 4.69) is 40.2 Å². The maximum Gasteiger partial charge on any atom is 0.261 e. The fourth-order valence-corrected chi connectivity index (χ4v) is 3.70. The maximum absolute atomic E-state index is 13.0. The van der Waals surface area contributed by atoms with Crippen molar-refractivity contribution in [2.75, 3.05) is 14.1 Å². The van der Waals surface area contributed by atoms with Gasteiger partial charge in [-0.25, -0.2) is 9.97 Å². The molecule has 132 valence electrons. The molecule has 1 aromatic carbocycles. The zero-order valence-corrected chi connectivity index (χ0v) is 16.3. The molecule has 6 heteroatoms. The molecule has 3 rings (SSSR count). The van der Waals surface area contributed by atoms with Gasteiger partial charge >= 0.3 is 0 Å². The number of benzene rings is 1. The van der Waals surface area contributed by atoms with Crippen molar-refractivity contribution < 1.29 is 4.90 Å². The van der Waals surface area contributed by atoms with Gasteiger partial charge in [0.2, 0.25) is 0 Å². The number of hydrogen-bond acceptors (Lipinski definition) is 4. The van der Waals surface area contributed by atoms with Crippen LogP contribution in [0.1, 0.15) is 37.3 Å². The van der Waals surface area contributed by atoms with Crippen molar-refractivity contribution in [1.82, 2.24) is 14.5 Å². The van der Waals surface area contributed by atoms with Crippen LogP contribution in [0, 0.1) is 0 Å². The topological polar surface area (TPSA) is 52.2 Å². The number of nitrogens with one attached hydrogen (secondary N) is 1. The second-order valence-electron chi connectivity index (χ2n) is 7.70. The predicted molar refractivity (Wildman–Crippen MR) is 102 cm³/mol. The number of aromatic nitrogens is 3. The van der Waals surface area contributed by atoms with Crippen molar-refractivity contribution in [2.45, 2.75) is 39.3 Å². The zero-order valence-electron chi connectivity index (χ0n) is 15.5. The average Bonchev–Trinajstić information content (AvgIpc) is 2.99. The van der Waals surface area contributed by atoms with Gasteiger partial charge in [0, 0.05) is 10.8 Å². The minimum Gasteiger partial charge on any atom is -0.334 e. The van der Waals surface area contributed by atoms with Crippen LogP contribution in [0.4, 0.5) is 0 Å². The van der Waals surface area contributed by atoms with E-state index >= 15 is 0 Å². The summed E-state index contributed by atoms with van der Waals surface area (Å²) in [6.45, 7) is 7.61. The Kier molecular flexibility index (Phi) is 4.75. The lowest BCUT2D eigenvalue weighted by molar-refractivity contribution is -0.873. The Morgan fingerprint density at radius 1 is 1.16 bits per heavy atom. The first-order chi connectivity index (χ1) is 11.8. The number of fused-ring (bicyclic) bond motifs is 1. The maximum atomic E-state index is 13.0. The van der Waals surface area contributed by atoms with Gasteiger partial charge in [-0.3, -0.25) is 9.36 Å². The lowest BCUT2D eigenvalue weighted by atomic mass is 9.93. The zero-order chi connectivity index (χ0) is 18.2. The van der Waals surface area contributed by atoms with E-state index in [1.54, 1.807) is 15.9 Å². The van der Waals surface area contributed by atoms with Crippen molar-refractivity contribution in [3.8, 4) is 0 Å². The number of hydrogen-bond donors (Lipinski definition) is 1. The lowest BCUT2D eigenvalue weighted by Crippen LogP contribution is -3.04. The molecule has 0 bridgehead atoms. The molecular weight excluding hydrogens is 332 g/mol. The third-order valence-electron chi connectivity index (χ3n) is 4.07. The van der Waals surface area contributed by atoms with E-state index in [9.17, 15) is 4.79 Å². The van der Waals surface area contributed by atoms with Crippen LogP contribution in [0.2, 0.25) is 0 Å². The molecule has 0 aliphatic rings. The van der Waals surface area contributed by atoms with Gasteiger partial charge in [-0.05, 0) is 12.1 Å². The smallest absolute Gasteiger partial charge is 0.261 e. The Balaban J connectivity index is 2.08. The van der Waals surface area contributed by atoms with E-state index in [1.807, 2.05) is 24.3 Å². The van der Waals surface area contributed by atoms with Crippen LogP contribution >= 0.6 is 11.3 Å². The van der Waals surface area contributed by atoms with Crippen LogP contribution in [0.15, 0.2) is 34.4 Å². The third kappa shape index (κ3) is 3.80. The van der Waals surface area contributed by atoms with Crippen molar-refractivity contribution in [3.63, 3.8) is 0 Å². The summed E-state index contributed by atoms with van der Waals surface area (Å²) in [4.78, 5) is 23.7. The Morgan fingerprint density at radius 3 is 2.52 bits per heavy atom. The van der Waals surface area contributed by atoms with Gasteiger partial charge < -0.3 is 4.90 Å². The fourth-order valence-electron chi connectivity index (χ4n) is 2.69. The Bertz CT molecular complexity index is 950. The first-order valence-electron chi connectivity index (χ1n) is 8.48. The van der Waals surface area contributed by atoms with Crippen LogP contribution < -0.4 is 10.5 Å². The minimum absolute atomic E-state index is 0.00867. The van der Waals surface area contributed by atoms with E-state index in [1.165, 1.54) is 4.90 Å². The van der Waals surface area contributed by atoms with Crippen LogP contribution in [0.3, 0.4) is 0 Å². The number of thiazole rings is 1. The summed E-state index contributed by atoms with van der Waals surface area (Å²) in [7, 11) is 4.12. The summed E-state index contributed by atoms with van der Waals surface area (Å²) in [5.74, 6) is 0.802. The Hall–Kier alpha value is -2.05. The Labute approximate surface area is 152 Å². The third-order valence-corrected chi connectivity index (χ3v) is 4.90. The van der Waals surface area contributed by atoms with Crippen molar-refractivity contribution in [3.05, 3.63) is 56.5 Å². The molecule has 3 aromatic rings. The van der Waals surface area contributed by atoms with Crippen LogP contribution in [-0.4, -0.2) is 28.6 Å². The van der Waals surface area contributed by atoms with E-state index < -0.39 is 0 Å². The van der Waals surface area contributed by atoms with E-state index in [-0.39, 0.29) is 11.0 Å². The quantitative estimate of drug-likeness (QED) is 0.775. The number of para-hydroxylation sites is 1. The standard InChI is InChI=1S/C19H24N4OS/c1-19(2,3)15-12-25-17(21-15)11-23-16(10-22(4)5)20-14-9-7-6-8-13(14)18(23)24/h6-9,12H,10-11H2,1-5H3/p+1. The van der Waals surface area contributed by atoms with Gasteiger partial charge in [0.25, 0.3) is 5.56 Å². The molecule has 0 radical (unpaired) electrons. The monoisotopic (exact) mass is 357 g/mol. The molecule has 0 amide bonds. The second-order valence-corrected chi connectivity index (χ2v) is 8.64. The first kappa shape index (κ1) is 17.8. The minimum atomic E-state index is 0.00867. The summed E-state index contributed by atoms with van der Waals surface area (Å²) in [5, 5.41) is 3.69. The molecule has 5 nitrogen and oxygen atoms in total. The fraction of sp³-hybridized carbons (Fsp3) is 0.421. The average molecular weight is 358 g/mol. The van der Waals surface area contributed by atoms with Crippen molar-refractivity contribution >= 4 is 22.2 Å². The molecule has 2 aromatic heterocycles. The largest absolute Gasteiger partial charge is 0.334 e. The summed E-state index contributed by atoms with van der Waals surface area (Å²) < 4.78 is 1.78. The molecule has 0 saturated carbocycles. The highest BCUT2D eigenvalue weighted by molar-refractivity contribution is 7.09. The molecule has 25 heavy (non-hydrogen) atoms. The molecular formula is C19H25N4OS+. The van der Waals surface area contributed by atoms with Gasteiger partial charge in [-0.1, -0.05) is 32.9 Å². The molecule has 0 atom stereocenters. The normalized spacial score (nSPS) is 12.2. The summed E-state index contributed by atoms with van der Waals surface area (Å²) in [6.07, 6.45) is 0. The SMILES string of the molecule is C[NH+](C)Cc1nc2ccccc2c(=O)n1Cc1nc(C(C)(C)C)cs1. The highest BCUT2D eigenvalue weighted by atomic mass is 32.1. The molecule has 0 aliphatic heterocycles. The van der Waals surface area contributed by atoms with Gasteiger partial charge in [-0.15, -0.1) is 11.3 Å².